The Kier molecular flexibility index (Phi) is 8.11. The minimum absolute atomic E-state index is 0.0236. The lowest BCUT2D eigenvalue weighted by molar-refractivity contribution is -0.127. The quantitative estimate of drug-likeness (QED) is 0.218. The van der Waals surface area contributed by atoms with Gasteiger partial charge in [0.05, 0.1) is 18.9 Å². The second-order valence-corrected chi connectivity index (χ2v) is 12.1. The normalized spacial score (nSPS) is 40.3. The molecule has 3 saturated heterocycles. The Hall–Kier alpha value is -2.21. The van der Waals surface area contributed by atoms with Crippen LogP contribution in [0.3, 0.4) is 0 Å². The largest absolute Gasteiger partial charge is 0.490 e. The molecule has 6 N–H and O–H groups in total. The van der Waals surface area contributed by atoms with E-state index in [-0.39, 0.29) is 30.4 Å². The molecular formula is C29H46N8O2. The third-order valence-corrected chi connectivity index (χ3v) is 9.54. The molecule has 0 bridgehead atoms. The van der Waals surface area contributed by atoms with Crippen LogP contribution >= 0.6 is 0 Å². The van der Waals surface area contributed by atoms with Crippen LogP contribution in [0.25, 0.3) is 0 Å². The van der Waals surface area contributed by atoms with Crippen molar-refractivity contribution in [3.05, 3.63) is 48.4 Å². The van der Waals surface area contributed by atoms with Gasteiger partial charge in [0.15, 0.2) is 0 Å². The lowest BCUT2D eigenvalue weighted by atomic mass is 9.82. The van der Waals surface area contributed by atoms with Crippen LogP contribution in [0.1, 0.15) is 52.4 Å². The number of fused-ring (bicyclic) bond motifs is 2. The fraction of sp³-hybridized carbons (Fsp3) is 0.690. The molecule has 4 fully saturated rings. The summed E-state index contributed by atoms with van der Waals surface area (Å²) < 4.78 is 6.47. The number of nitrogens with zero attached hydrogens (tertiary/aromatic N) is 2. The minimum atomic E-state index is 0.0236. The van der Waals surface area contributed by atoms with E-state index >= 15 is 0 Å². The Morgan fingerprint density at radius 3 is 2.87 bits per heavy atom. The van der Waals surface area contributed by atoms with E-state index in [1.54, 1.807) is 0 Å². The standard InChI is InChI=1S/C29H46N8O2/c1-4-27(38)36-11-9-20(14-19(36)3)23-6-7-24-28(35-23)29(32-16-30-24)34-21-5-8-25(18(2)13-21)39-22-10-12-37-26(15-22)31-17-33-37/h4,9-10,12,15,18-19,21,23-26,28-35H,1,5-8,11,13-14,16-17H2,2-3H3/t18?,19-,21?,23?,24?,25?,26?,28?,29?/m1/s1. The fourth-order valence-electron chi connectivity index (χ4n) is 7.33. The number of ether oxygens (including phenoxy) is 1. The van der Waals surface area contributed by atoms with Crippen LogP contribution in [-0.4, -0.2) is 84.3 Å². The maximum absolute atomic E-state index is 12.2. The van der Waals surface area contributed by atoms with Crippen molar-refractivity contribution in [2.24, 2.45) is 5.92 Å². The van der Waals surface area contributed by atoms with Gasteiger partial charge in [0.2, 0.25) is 5.91 Å². The average Bonchev–Trinajstić information content (AvgIpc) is 3.42. The first-order valence-corrected chi connectivity index (χ1v) is 14.9. The lowest BCUT2D eigenvalue weighted by Gasteiger charge is -2.49. The third-order valence-electron chi connectivity index (χ3n) is 9.54. The second kappa shape index (κ2) is 11.7. The molecule has 0 spiro atoms. The highest BCUT2D eigenvalue weighted by Gasteiger charge is 2.41. The number of allylic oxidation sites excluding steroid dienone is 1. The van der Waals surface area contributed by atoms with E-state index in [0.717, 1.165) is 57.6 Å². The van der Waals surface area contributed by atoms with E-state index in [1.807, 2.05) is 4.90 Å². The molecule has 9 atom stereocenters. The Morgan fingerprint density at radius 1 is 1.15 bits per heavy atom. The molecular weight excluding hydrogens is 492 g/mol. The van der Waals surface area contributed by atoms with Crippen molar-refractivity contribution >= 4 is 5.91 Å². The van der Waals surface area contributed by atoms with Crippen molar-refractivity contribution in [1.29, 1.82) is 0 Å². The first-order chi connectivity index (χ1) is 19.0. The molecule has 10 heteroatoms. The lowest BCUT2D eigenvalue weighted by Crippen LogP contribution is -2.73. The number of hydrogen-bond acceptors (Lipinski definition) is 9. The first-order valence-electron chi connectivity index (χ1n) is 14.9. The average molecular weight is 539 g/mol. The van der Waals surface area contributed by atoms with Crippen molar-refractivity contribution in [2.75, 3.05) is 19.9 Å². The number of piperidine rings is 1. The van der Waals surface area contributed by atoms with E-state index in [9.17, 15) is 4.79 Å². The number of carbonyl (C=O) groups excluding carboxylic acids is 1. The zero-order valence-electron chi connectivity index (χ0n) is 23.4. The van der Waals surface area contributed by atoms with Crippen LogP contribution in [0, 0.1) is 5.92 Å². The molecule has 5 heterocycles. The van der Waals surface area contributed by atoms with Crippen LogP contribution in [0.2, 0.25) is 0 Å². The van der Waals surface area contributed by atoms with Crippen molar-refractivity contribution in [2.45, 2.75) is 101 Å². The molecule has 0 radical (unpaired) electrons. The molecule has 0 aromatic heterocycles. The second-order valence-electron chi connectivity index (χ2n) is 12.1. The van der Waals surface area contributed by atoms with E-state index in [2.05, 4.69) is 81.9 Å². The Balaban J connectivity index is 1.03. The van der Waals surface area contributed by atoms with Gasteiger partial charge in [-0.15, -0.1) is 0 Å². The van der Waals surface area contributed by atoms with Gasteiger partial charge in [0.1, 0.15) is 18.0 Å². The van der Waals surface area contributed by atoms with Crippen LogP contribution < -0.4 is 32.0 Å². The van der Waals surface area contributed by atoms with Gasteiger partial charge in [0, 0.05) is 43.6 Å². The van der Waals surface area contributed by atoms with E-state index in [1.165, 1.54) is 11.6 Å². The monoisotopic (exact) mass is 538 g/mol. The number of nitrogens with one attached hydrogen (secondary N) is 6. The Morgan fingerprint density at radius 2 is 2.05 bits per heavy atom. The summed E-state index contributed by atoms with van der Waals surface area (Å²) in [7, 11) is 0. The summed E-state index contributed by atoms with van der Waals surface area (Å²) in [4.78, 5) is 14.1. The van der Waals surface area contributed by atoms with Crippen LogP contribution in [-0.2, 0) is 9.53 Å². The molecule has 1 amide bonds. The number of hydrogen-bond donors (Lipinski definition) is 6. The molecule has 0 aromatic rings. The van der Waals surface area contributed by atoms with Gasteiger partial charge in [-0.1, -0.05) is 25.2 Å². The molecule has 10 nitrogen and oxygen atoms in total. The highest BCUT2D eigenvalue weighted by atomic mass is 16.5. The summed E-state index contributed by atoms with van der Waals surface area (Å²) in [5.74, 6) is 1.48. The van der Waals surface area contributed by atoms with Gasteiger partial charge in [-0.25, -0.2) is 5.43 Å². The molecule has 5 aliphatic heterocycles. The molecule has 1 aliphatic carbocycles. The summed E-state index contributed by atoms with van der Waals surface area (Å²) in [6, 6.07) is 1.81. The maximum Gasteiger partial charge on any atom is 0.246 e. The summed E-state index contributed by atoms with van der Waals surface area (Å²) >= 11 is 0. The third kappa shape index (κ3) is 5.82. The van der Waals surface area contributed by atoms with Crippen LogP contribution in [0.5, 0.6) is 0 Å². The highest BCUT2D eigenvalue weighted by Crippen LogP contribution is 2.32. The summed E-state index contributed by atoms with van der Waals surface area (Å²) in [6.45, 7) is 10.4. The van der Waals surface area contributed by atoms with Gasteiger partial charge in [-0.05, 0) is 69.6 Å². The first kappa shape index (κ1) is 27.0. The number of amides is 1. The van der Waals surface area contributed by atoms with Gasteiger partial charge in [-0.3, -0.25) is 31.1 Å². The van der Waals surface area contributed by atoms with E-state index in [4.69, 9.17) is 4.74 Å². The van der Waals surface area contributed by atoms with Crippen molar-refractivity contribution in [3.8, 4) is 0 Å². The fourth-order valence-corrected chi connectivity index (χ4v) is 7.33. The molecule has 0 aromatic carbocycles. The molecule has 8 unspecified atom stereocenters. The minimum Gasteiger partial charge on any atom is -0.490 e. The van der Waals surface area contributed by atoms with Crippen molar-refractivity contribution in [1.82, 2.24) is 41.9 Å². The van der Waals surface area contributed by atoms with Gasteiger partial charge >= 0.3 is 0 Å². The molecule has 1 saturated carbocycles. The van der Waals surface area contributed by atoms with Gasteiger partial charge < -0.3 is 15.0 Å². The highest BCUT2D eigenvalue weighted by molar-refractivity contribution is 5.87. The Bertz CT molecular complexity index is 1010. The van der Waals surface area contributed by atoms with Crippen LogP contribution in [0.4, 0.5) is 0 Å². The summed E-state index contributed by atoms with van der Waals surface area (Å²) in [6.07, 6.45) is 17.1. The number of carbonyl (C=O) groups is 1. The van der Waals surface area contributed by atoms with Crippen molar-refractivity contribution in [3.63, 3.8) is 0 Å². The predicted molar refractivity (Wildman–Crippen MR) is 152 cm³/mol. The smallest absolute Gasteiger partial charge is 0.246 e. The summed E-state index contributed by atoms with van der Waals surface area (Å²) in [5.41, 5.74) is 4.72. The van der Waals surface area contributed by atoms with E-state index in [0.29, 0.717) is 36.6 Å². The maximum atomic E-state index is 12.2. The molecule has 6 rings (SSSR count). The summed E-state index contributed by atoms with van der Waals surface area (Å²) in [5, 5.41) is 20.9. The van der Waals surface area contributed by atoms with Gasteiger partial charge in [0.25, 0.3) is 0 Å². The zero-order chi connectivity index (χ0) is 26.9. The SMILES string of the molecule is C=CC(=O)N1CC=C(C2CCC3NCNC(NC4CCC(OC5=CC6NCNN6C=C5)C(C)C4)C3N2)C[C@H]1C. The molecule has 6 aliphatic rings. The van der Waals surface area contributed by atoms with Gasteiger partial charge in [-0.2, -0.15) is 0 Å². The predicted octanol–water partition coefficient (Wildman–Crippen LogP) is 0.953. The number of hydrazine groups is 1. The topological polar surface area (TPSA) is 105 Å². The zero-order valence-corrected chi connectivity index (χ0v) is 23.4. The molecule has 214 valence electrons. The molecule has 39 heavy (non-hydrogen) atoms. The van der Waals surface area contributed by atoms with E-state index < -0.39 is 0 Å². The van der Waals surface area contributed by atoms with Crippen molar-refractivity contribution < 1.29 is 9.53 Å². The Labute approximate surface area is 232 Å². The van der Waals surface area contributed by atoms with Crippen LogP contribution in [0.15, 0.2) is 48.4 Å². The number of rotatable bonds is 6.